The zero-order chi connectivity index (χ0) is 19.4. The van der Waals surface area contributed by atoms with Crippen LogP contribution >= 0.6 is 23.2 Å². The zero-order valence-corrected chi connectivity index (χ0v) is 17.3. The molecule has 0 bridgehead atoms. The fraction of sp³-hybridized carbons (Fsp3) is 0.611. The summed E-state index contributed by atoms with van der Waals surface area (Å²) in [5.74, 6) is 0.680. The largest absolute Gasteiger partial charge is 0.386 e. The van der Waals surface area contributed by atoms with Crippen LogP contribution in [0.3, 0.4) is 0 Å². The molecular formula is C18H30Cl2N4O2. The van der Waals surface area contributed by atoms with Gasteiger partial charge in [-0.25, -0.2) is 0 Å². The first-order valence-electron chi connectivity index (χ1n) is 8.80. The van der Waals surface area contributed by atoms with E-state index >= 15 is 0 Å². The lowest BCUT2D eigenvalue weighted by atomic mass is 10.1. The van der Waals surface area contributed by atoms with Crippen molar-refractivity contribution < 1.29 is 9.84 Å². The molecule has 1 aromatic carbocycles. The maximum absolute atomic E-state index is 10.3. The molecule has 8 heteroatoms. The van der Waals surface area contributed by atoms with E-state index in [2.05, 4.69) is 27.6 Å². The Morgan fingerprint density at radius 3 is 2.54 bits per heavy atom. The number of nitrogens with zero attached hydrogens (tertiary/aromatic N) is 2. The Bertz CT molecular complexity index is 538. The van der Waals surface area contributed by atoms with Gasteiger partial charge in [-0.1, -0.05) is 23.2 Å². The summed E-state index contributed by atoms with van der Waals surface area (Å²) in [6, 6.07) is 5.03. The quantitative estimate of drug-likeness (QED) is 0.300. The number of rotatable bonds is 11. The highest BCUT2D eigenvalue weighted by atomic mass is 35.5. The highest BCUT2D eigenvalue weighted by Gasteiger charge is 2.09. The summed E-state index contributed by atoms with van der Waals surface area (Å²) in [6.45, 7) is 6.39. The number of likely N-dealkylation sites (N-methyl/N-ethyl adjacent to an activating group) is 1. The number of aliphatic hydroxyl groups is 1. The van der Waals surface area contributed by atoms with Gasteiger partial charge in [0.2, 0.25) is 0 Å². The van der Waals surface area contributed by atoms with Gasteiger partial charge in [-0.15, -0.1) is 0 Å². The lowest BCUT2D eigenvalue weighted by molar-refractivity contribution is 0.161. The van der Waals surface area contributed by atoms with E-state index in [1.54, 1.807) is 25.3 Å². The van der Waals surface area contributed by atoms with Crippen LogP contribution in [0, 0.1) is 0 Å². The molecule has 0 spiro atoms. The first kappa shape index (κ1) is 23.0. The highest BCUT2D eigenvalue weighted by Crippen LogP contribution is 2.23. The molecule has 0 saturated carbocycles. The zero-order valence-electron chi connectivity index (χ0n) is 15.8. The third-order valence-corrected chi connectivity index (χ3v) is 4.16. The Morgan fingerprint density at radius 2 is 1.92 bits per heavy atom. The van der Waals surface area contributed by atoms with Crippen molar-refractivity contribution in [3.8, 4) is 0 Å². The van der Waals surface area contributed by atoms with E-state index in [1.165, 1.54) is 0 Å². The second-order valence-electron chi connectivity index (χ2n) is 6.01. The third-order valence-electron chi connectivity index (χ3n) is 3.72. The van der Waals surface area contributed by atoms with E-state index in [-0.39, 0.29) is 6.54 Å². The molecular weight excluding hydrogens is 375 g/mol. The summed E-state index contributed by atoms with van der Waals surface area (Å²) in [7, 11) is 3.78. The summed E-state index contributed by atoms with van der Waals surface area (Å²) >= 11 is 12.0. The molecule has 6 nitrogen and oxygen atoms in total. The van der Waals surface area contributed by atoms with Crippen molar-refractivity contribution >= 4 is 29.2 Å². The van der Waals surface area contributed by atoms with E-state index < -0.39 is 6.10 Å². The Labute approximate surface area is 166 Å². The van der Waals surface area contributed by atoms with Gasteiger partial charge in [0, 0.05) is 36.8 Å². The fourth-order valence-corrected chi connectivity index (χ4v) is 2.85. The van der Waals surface area contributed by atoms with Crippen molar-refractivity contribution in [2.45, 2.75) is 19.4 Å². The molecule has 1 atom stereocenters. The number of aliphatic hydroxyl groups excluding tert-OH is 1. The molecule has 0 radical (unpaired) electrons. The smallest absolute Gasteiger partial charge is 0.191 e. The summed E-state index contributed by atoms with van der Waals surface area (Å²) in [5, 5.41) is 17.8. The molecule has 0 amide bonds. The maximum atomic E-state index is 10.3. The van der Waals surface area contributed by atoms with Crippen LogP contribution in [0.25, 0.3) is 0 Å². The van der Waals surface area contributed by atoms with Gasteiger partial charge in [-0.3, -0.25) is 4.99 Å². The molecule has 26 heavy (non-hydrogen) atoms. The molecule has 3 N–H and O–H groups in total. The Morgan fingerprint density at radius 1 is 1.23 bits per heavy atom. The lowest BCUT2D eigenvalue weighted by Crippen LogP contribution is -2.39. The predicted octanol–water partition coefficient (Wildman–Crippen LogP) is 2.55. The minimum absolute atomic E-state index is 0.222. The number of guanidine groups is 1. The summed E-state index contributed by atoms with van der Waals surface area (Å²) < 4.78 is 5.07. The van der Waals surface area contributed by atoms with Gasteiger partial charge in [0.05, 0.1) is 19.3 Å². The SMILES string of the molecule is CCNC(=NCC(O)c1cc(Cl)cc(Cl)c1)NCCCN(C)CCOC. The molecule has 1 unspecified atom stereocenters. The average Bonchev–Trinajstić information content (AvgIpc) is 2.60. The first-order chi connectivity index (χ1) is 12.5. The molecule has 0 aliphatic carbocycles. The molecule has 1 rings (SSSR count). The van der Waals surface area contributed by atoms with Crippen LogP contribution in [-0.2, 0) is 4.74 Å². The highest BCUT2D eigenvalue weighted by molar-refractivity contribution is 6.34. The molecule has 0 aromatic heterocycles. The van der Waals surface area contributed by atoms with E-state index in [1.807, 2.05) is 6.92 Å². The predicted molar refractivity (Wildman–Crippen MR) is 109 cm³/mol. The van der Waals surface area contributed by atoms with Gasteiger partial charge in [0.15, 0.2) is 5.96 Å². The van der Waals surface area contributed by atoms with Crippen LogP contribution in [0.15, 0.2) is 23.2 Å². The molecule has 0 fully saturated rings. The van der Waals surface area contributed by atoms with Crippen molar-refractivity contribution in [2.75, 3.05) is 53.5 Å². The average molecular weight is 405 g/mol. The van der Waals surface area contributed by atoms with Crippen LogP contribution in [0.4, 0.5) is 0 Å². The Hall–Kier alpha value is -1.05. The monoisotopic (exact) mass is 404 g/mol. The summed E-state index contributed by atoms with van der Waals surface area (Å²) in [4.78, 5) is 6.66. The molecule has 0 saturated heterocycles. The van der Waals surface area contributed by atoms with Crippen molar-refractivity contribution in [2.24, 2.45) is 4.99 Å². The number of hydrogen-bond donors (Lipinski definition) is 3. The van der Waals surface area contributed by atoms with E-state index in [9.17, 15) is 5.11 Å². The molecule has 0 aliphatic heterocycles. The molecule has 1 aromatic rings. The number of nitrogens with one attached hydrogen (secondary N) is 2. The lowest BCUT2D eigenvalue weighted by Gasteiger charge is -2.17. The van der Waals surface area contributed by atoms with Crippen LogP contribution in [0.5, 0.6) is 0 Å². The van der Waals surface area contributed by atoms with Crippen LogP contribution < -0.4 is 10.6 Å². The Balaban J connectivity index is 2.47. The summed E-state index contributed by atoms with van der Waals surface area (Å²) in [6.07, 6.45) is 0.221. The number of methoxy groups -OCH3 is 1. The van der Waals surface area contributed by atoms with Gasteiger partial charge in [0.1, 0.15) is 0 Å². The maximum Gasteiger partial charge on any atom is 0.191 e. The number of aliphatic imine (C=N–C) groups is 1. The van der Waals surface area contributed by atoms with Crippen molar-refractivity contribution in [3.05, 3.63) is 33.8 Å². The van der Waals surface area contributed by atoms with E-state index in [0.29, 0.717) is 21.6 Å². The number of benzene rings is 1. The van der Waals surface area contributed by atoms with E-state index in [0.717, 1.165) is 39.2 Å². The van der Waals surface area contributed by atoms with E-state index in [4.69, 9.17) is 27.9 Å². The minimum Gasteiger partial charge on any atom is -0.386 e. The number of ether oxygens (including phenoxy) is 1. The molecule has 148 valence electrons. The van der Waals surface area contributed by atoms with Crippen LogP contribution in [0.1, 0.15) is 25.0 Å². The van der Waals surface area contributed by atoms with Crippen LogP contribution in [-0.4, -0.2) is 69.5 Å². The standard InChI is InChI=1S/C18H30Cl2N4O2/c1-4-21-18(22-6-5-7-24(2)8-9-26-3)23-13-17(25)14-10-15(19)12-16(20)11-14/h10-12,17,25H,4-9,13H2,1-3H3,(H2,21,22,23). The normalized spacial score (nSPS) is 13.1. The minimum atomic E-state index is -0.762. The topological polar surface area (TPSA) is 69.1 Å². The first-order valence-corrected chi connectivity index (χ1v) is 9.55. The van der Waals surface area contributed by atoms with Crippen molar-refractivity contribution in [1.29, 1.82) is 0 Å². The summed E-state index contributed by atoms with van der Waals surface area (Å²) in [5.41, 5.74) is 0.655. The second kappa shape index (κ2) is 13.2. The number of halogens is 2. The molecule has 0 heterocycles. The third kappa shape index (κ3) is 9.59. The fourth-order valence-electron chi connectivity index (χ4n) is 2.31. The van der Waals surface area contributed by atoms with Crippen LogP contribution in [0.2, 0.25) is 10.0 Å². The van der Waals surface area contributed by atoms with Crippen molar-refractivity contribution in [1.82, 2.24) is 15.5 Å². The molecule has 0 aliphatic rings. The van der Waals surface area contributed by atoms with Crippen molar-refractivity contribution in [3.63, 3.8) is 0 Å². The van der Waals surface area contributed by atoms with Gasteiger partial charge in [-0.05, 0) is 50.7 Å². The number of hydrogen-bond acceptors (Lipinski definition) is 4. The van der Waals surface area contributed by atoms with Gasteiger partial charge < -0.3 is 25.4 Å². The second-order valence-corrected chi connectivity index (χ2v) is 6.89. The van der Waals surface area contributed by atoms with Gasteiger partial charge in [0.25, 0.3) is 0 Å². The van der Waals surface area contributed by atoms with Gasteiger partial charge >= 0.3 is 0 Å². The van der Waals surface area contributed by atoms with Gasteiger partial charge in [-0.2, -0.15) is 0 Å². The Kier molecular flexibility index (Phi) is 11.6.